The number of aromatic nitrogens is 1. The van der Waals surface area contributed by atoms with Crippen LogP contribution in [0.1, 0.15) is 34.8 Å². The van der Waals surface area contributed by atoms with E-state index in [4.69, 9.17) is 0 Å². The Hall–Kier alpha value is -3.51. The first-order chi connectivity index (χ1) is 15.5. The Morgan fingerprint density at radius 2 is 1.75 bits per heavy atom. The fourth-order valence-corrected chi connectivity index (χ4v) is 4.43. The lowest BCUT2D eigenvalue weighted by atomic mass is 10.1. The predicted octanol–water partition coefficient (Wildman–Crippen LogP) is 4.96. The summed E-state index contributed by atoms with van der Waals surface area (Å²) in [6.07, 6.45) is 0.230. The second-order valence-corrected chi connectivity index (χ2v) is 9.05. The average Bonchev–Trinajstić information content (AvgIpc) is 3.19. The molecule has 0 saturated carbocycles. The average molecular weight is 444 g/mol. The zero-order chi connectivity index (χ0) is 22.5. The van der Waals surface area contributed by atoms with Crippen molar-refractivity contribution in [2.24, 2.45) is 0 Å². The molecule has 3 aromatic carbocycles. The molecule has 0 saturated heterocycles. The number of hydrogen-bond donors (Lipinski definition) is 2. The Morgan fingerprint density at radius 1 is 0.938 bits per heavy atom. The second-order valence-electron chi connectivity index (χ2n) is 7.94. The minimum Gasteiger partial charge on any atom is -0.352 e. The molecule has 0 aliphatic carbocycles. The summed E-state index contributed by atoms with van der Waals surface area (Å²) >= 11 is 1.54. The van der Waals surface area contributed by atoms with E-state index in [1.54, 1.807) is 23.5 Å². The number of nitrogens with one attached hydrogen (secondary N) is 2. The molecule has 0 aliphatic rings. The van der Waals surface area contributed by atoms with Crippen molar-refractivity contribution >= 4 is 33.4 Å². The van der Waals surface area contributed by atoms with Crippen molar-refractivity contribution in [1.29, 1.82) is 0 Å². The zero-order valence-corrected chi connectivity index (χ0v) is 18.9. The van der Waals surface area contributed by atoms with E-state index in [9.17, 15) is 9.59 Å². The summed E-state index contributed by atoms with van der Waals surface area (Å²) in [5, 5.41) is 6.59. The maximum absolute atomic E-state index is 12.5. The van der Waals surface area contributed by atoms with E-state index in [2.05, 4.69) is 39.9 Å². The molecule has 162 valence electrons. The zero-order valence-electron chi connectivity index (χ0n) is 18.1. The molecule has 0 radical (unpaired) electrons. The molecule has 1 heterocycles. The van der Waals surface area contributed by atoms with Gasteiger partial charge in [0.2, 0.25) is 5.91 Å². The Labute approximate surface area is 191 Å². The van der Waals surface area contributed by atoms with Crippen LogP contribution in [0.15, 0.2) is 72.8 Å². The van der Waals surface area contributed by atoms with Crippen molar-refractivity contribution in [2.75, 3.05) is 0 Å². The monoisotopic (exact) mass is 443 g/mol. The second kappa shape index (κ2) is 9.75. The lowest BCUT2D eigenvalue weighted by Crippen LogP contribution is -2.30. The van der Waals surface area contributed by atoms with Crippen molar-refractivity contribution in [3.05, 3.63) is 88.9 Å². The molecule has 0 unspecified atom stereocenters. The van der Waals surface area contributed by atoms with Gasteiger partial charge in [-0.1, -0.05) is 48.5 Å². The molecule has 2 amide bonds. The van der Waals surface area contributed by atoms with Crippen LogP contribution in [0.25, 0.3) is 21.3 Å². The van der Waals surface area contributed by atoms with Crippen molar-refractivity contribution in [3.63, 3.8) is 0 Å². The number of carbonyl (C=O) groups excluding carboxylic acids is 2. The summed E-state index contributed by atoms with van der Waals surface area (Å²) in [5.41, 5.74) is 4.67. The molecule has 6 heteroatoms. The van der Waals surface area contributed by atoms with Gasteiger partial charge in [-0.15, -0.1) is 11.3 Å². The van der Waals surface area contributed by atoms with Crippen LogP contribution in [0.4, 0.5) is 0 Å². The standard InChI is InChI=1S/C26H25N3O2S/c1-17(2)28-26(31)21-10-6-7-18(13-21)16-27-24(30)15-25-29-22-12-11-20(14-23(22)32-25)19-8-4-3-5-9-19/h3-14,17H,15-16H2,1-2H3,(H,27,30)(H,28,31). The van der Waals surface area contributed by atoms with Gasteiger partial charge in [-0.05, 0) is 54.8 Å². The Kier molecular flexibility index (Phi) is 6.61. The van der Waals surface area contributed by atoms with Gasteiger partial charge in [-0.2, -0.15) is 0 Å². The minimum absolute atomic E-state index is 0.0726. The predicted molar refractivity (Wildman–Crippen MR) is 130 cm³/mol. The smallest absolute Gasteiger partial charge is 0.251 e. The molecule has 2 N–H and O–H groups in total. The highest BCUT2D eigenvalue weighted by Crippen LogP contribution is 2.28. The third-order valence-electron chi connectivity index (χ3n) is 4.95. The first-order valence-electron chi connectivity index (χ1n) is 10.6. The molecule has 0 bridgehead atoms. The van der Waals surface area contributed by atoms with E-state index in [-0.39, 0.29) is 24.3 Å². The number of fused-ring (bicyclic) bond motifs is 1. The summed E-state index contributed by atoms with van der Waals surface area (Å²) < 4.78 is 1.07. The quantitative estimate of drug-likeness (QED) is 0.424. The van der Waals surface area contributed by atoms with Crippen LogP contribution in [-0.4, -0.2) is 22.8 Å². The molecule has 0 fully saturated rings. The number of rotatable bonds is 7. The fourth-order valence-electron chi connectivity index (χ4n) is 3.43. The molecule has 0 atom stereocenters. The van der Waals surface area contributed by atoms with E-state index in [1.807, 2.05) is 50.2 Å². The van der Waals surface area contributed by atoms with Crippen molar-refractivity contribution in [1.82, 2.24) is 15.6 Å². The van der Waals surface area contributed by atoms with Gasteiger partial charge in [0.05, 0.1) is 16.6 Å². The van der Waals surface area contributed by atoms with Crippen LogP contribution in [0.2, 0.25) is 0 Å². The summed E-state index contributed by atoms with van der Waals surface area (Å²) in [4.78, 5) is 29.3. The van der Waals surface area contributed by atoms with Gasteiger partial charge in [-0.3, -0.25) is 9.59 Å². The van der Waals surface area contributed by atoms with Gasteiger partial charge in [0.25, 0.3) is 5.91 Å². The van der Waals surface area contributed by atoms with Crippen molar-refractivity contribution < 1.29 is 9.59 Å². The maximum Gasteiger partial charge on any atom is 0.251 e. The van der Waals surface area contributed by atoms with Crippen LogP contribution < -0.4 is 10.6 Å². The number of hydrogen-bond acceptors (Lipinski definition) is 4. The molecular formula is C26H25N3O2S. The Bertz CT molecular complexity index is 1250. The summed E-state index contributed by atoms with van der Waals surface area (Å²) in [5.74, 6) is -0.207. The Balaban J connectivity index is 1.38. The topological polar surface area (TPSA) is 71.1 Å². The maximum atomic E-state index is 12.5. The summed E-state index contributed by atoms with van der Waals surface area (Å²) in [6.45, 7) is 4.21. The first kappa shape index (κ1) is 21.7. The molecule has 32 heavy (non-hydrogen) atoms. The van der Waals surface area contributed by atoms with Gasteiger partial charge in [0, 0.05) is 18.2 Å². The molecule has 5 nitrogen and oxygen atoms in total. The van der Waals surface area contributed by atoms with Gasteiger partial charge in [0.1, 0.15) is 5.01 Å². The summed E-state index contributed by atoms with van der Waals surface area (Å²) in [6, 6.07) is 23.8. The van der Waals surface area contributed by atoms with Gasteiger partial charge in [0.15, 0.2) is 0 Å². The fraction of sp³-hybridized carbons (Fsp3) is 0.192. The number of amides is 2. The lowest BCUT2D eigenvalue weighted by Gasteiger charge is -2.10. The normalized spacial score (nSPS) is 11.0. The van der Waals surface area contributed by atoms with Gasteiger partial charge in [-0.25, -0.2) is 4.98 Å². The van der Waals surface area contributed by atoms with E-state index in [0.717, 1.165) is 31.9 Å². The third kappa shape index (κ3) is 5.39. The number of benzene rings is 3. The molecule has 1 aromatic heterocycles. The third-order valence-corrected chi connectivity index (χ3v) is 5.97. The van der Waals surface area contributed by atoms with Crippen LogP contribution in [0.3, 0.4) is 0 Å². The molecule has 4 aromatic rings. The van der Waals surface area contributed by atoms with Crippen LogP contribution in [-0.2, 0) is 17.8 Å². The number of thiazole rings is 1. The van der Waals surface area contributed by atoms with Crippen LogP contribution in [0.5, 0.6) is 0 Å². The SMILES string of the molecule is CC(C)NC(=O)c1cccc(CNC(=O)Cc2nc3ccc(-c4ccccc4)cc3s2)c1. The highest BCUT2D eigenvalue weighted by Gasteiger charge is 2.11. The van der Waals surface area contributed by atoms with Gasteiger partial charge >= 0.3 is 0 Å². The highest BCUT2D eigenvalue weighted by atomic mass is 32.1. The number of nitrogens with zero attached hydrogens (tertiary/aromatic N) is 1. The lowest BCUT2D eigenvalue weighted by molar-refractivity contribution is -0.120. The Morgan fingerprint density at radius 3 is 2.53 bits per heavy atom. The summed E-state index contributed by atoms with van der Waals surface area (Å²) in [7, 11) is 0. The van der Waals surface area contributed by atoms with Gasteiger partial charge < -0.3 is 10.6 Å². The van der Waals surface area contributed by atoms with Crippen LogP contribution in [0, 0.1) is 0 Å². The number of carbonyl (C=O) groups is 2. The molecule has 0 aliphatic heterocycles. The highest BCUT2D eigenvalue weighted by molar-refractivity contribution is 7.18. The van der Waals surface area contributed by atoms with E-state index in [1.165, 1.54) is 0 Å². The first-order valence-corrected chi connectivity index (χ1v) is 11.4. The molecule has 4 rings (SSSR count). The minimum atomic E-state index is -0.113. The van der Waals surface area contributed by atoms with Crippen LogP contribution >= 0.6 is 11.3 Å². The van der Waals surface area contributed by atoms with Crippen molar-refractivity contribution in [3.8, 4) is 11.1 Å². The van der Waals surface area contributed by atoms with E-state index in [0.29, 0.717) is 12.1 Å². The van der Waals surface area contributed by atoms with E-state index < -0.39 is 0 Å². The molecular weight excluding hydrogens is 418 g/mol. The largest absolute Gasteiger partial charge is 0.352 e. The molecule has 0 spiro atoms. The van der Waals surface area contributed by atoms with E-state index >= 15 is 0 Å². The van der Waals surface area contributed by atoms with Crippen molar-refractivity contribution in [2.45, 2.75) is 32.9 Å².